The predicted molar refractivity (Wildman–Crippen MR) is 392 cm³/mol. The van der Waals surface area contributed by atoms with Crippen LogP contribution >= 0.6 is 0 Å². The zero-order chi connectivity index (χ0) is 71.5. The van der Waals surface area contributed by atoms with E-state index in [1.165, 1.54) is 0 Å². The van der Waals surface area contributed by atoms with Gasteiger partial charge in [0, 0.05) is 0 Å². The Bertz CT molecular complexity index is 4050. The fraction of sp³-hybridized carbons (Fsp3) is 0.307. The van der Waals surface area contributed by atoms with E-state index in [0.29, 0.717) is 0 Å². The molecule has 0 saturated carbocycles. The molecule has 3 saturated heterocycles. The first-order chi connectivity index (χ1) is 51.9. The Kier molecular flexibility index (Phi) is 27.9. The quantitative estimate of drug-likeness (QED) is 0.0367. The van der Waals surface area contributed by atoms with Crippen molar-refractivity contribution in [3.63, 3.8) is 0 Å². The number of carbonyl (C=O) groups is 1. The van der Waals surface area contributed by atoms with Gasteiger partial charge in [-0.3, -0.25) is 0 Å². The van der Waals surface area contributed by atoms with Crippen LogP contribution in [0.4, 0.5) is 0 Å². The van der Waals surface area contributed by atoms with Gasteiger partial charge in [0.1, 0.15) is 67.1 Å². The van der Waals surface area contributed by atoms with Gasteiger partial charge < -0.3 is 76.2 Å². The number of aliphatic hydroxyl groups is 1. The van der Waals surface area contributed by atoms with E-state index in [2.05, 4.69) is 0 Å². The monoisotopic (exact) mass is 1420 g/mol. The summed E-state index contributed by atoms with van der Waals surface area (Å²) in [5, 5.41) is 13.0. The normalized spacial score (nSPS) is 24.6. The lowest BCUT2D eigenvalue weighted by molar-refractivity contribution is -0.401. The molecule has 0 aromatic heterocycles. The first kappa shape index (κ1) is 74.3. The van der Waals surface area contributed by atoms with Crippen LogP contribution in [0.3, 0.4) is 0 Å². The minimum absolute atomic E-state index is 0.00639. The highest BCUT2D eigenvalue weighted by Gasteiger charge is 2.58. The van der Waals surface area contributed by atoms with Crippen molar-refractivity contribution in [2.24, 2.45) is 0 Å². The van der Waals surface area contributed by atoms with Crippen LogP contribution in [0.15, 0.2) is 303 Å². The number of rotatable bonds is 36. The van der Waals surface area contributed by atoms with E-state index in [-0.39, 0.29) is 84.8 Å². The van der Waals surface area contributed by atoms with Crippen LogP contribution in [-0.4, -0.2) is 123 Å². The van der Waals surface area contributed by atoms with Gasteiger partial charge in [-0.2, -0.15) is 0 Å². The van der Waals surface area contributed by atoms with Gasteiger partial charge in [-0.15, -0.1) is 0 Å². The van der Waals surface area contributed by atoms with Crippen molar-refractivity contribution < 1.29 is 81.0 Å². The van der Waals surface area contributed by atoms with Crippen LogP contribution in [0.2, 0.25) is 0 Å². The summed E-state index contributed by atoms with van der Waals surface area (Å²) in [5.41, 5.74) is 8.19. The summed E-state index contributed by atoms with van der Waals surface area (Å²) in [5.74, 6) is -0.694. The molecule has 17 nitrogen and oxygen atoms in total. The maximum Gasteiger partial charge on any atom is 0.338 e. The van der Waals surface area contributed by atoms with Crippen LogP contribution < -0.4 is 0 Å². The summed E-state index contributed by atoms with van der Waals surface area (Å²) in [6.45, 7) is 1.06. The molecule has 105 heavy (non-hydrogen) atoms. The molecule has 3 fully saturated rings. The molecule has 0 amide bonds. The van der Waals surface area contributed by atoms with Crippen molar-refractivity contribution in [2.75, 3.05) is 19.8 Å². The van der Waals surface area contributed by atoms with Crippen molar-refractivity contribution in [1.29, 1.82) is 0 Å². The molecule has 1 N–H and O–H groups in total. The number of carbonyl (C=O) groups excluding carboxylic acids is 1. The van der Waals surface area contributed by atoms with Gasteiger partial charge in [0.2, 0.25) is 0 Å². The van der Waals surface area contributed by atoms with Gasteiger partial charge in [0.15, 0.2) is 25.0 Å². The Balaban J connectivity index is 0.948. The summed E-state index contributed by atoms with van der Waals surface area (Å²) >= 11 is 0. The van der Waals surface area contributed by atoms with Crippen molar-refractivity contribution in [3.8, 4) is 0 Å². The summed E-state index contributed by atoms with van der Waals surface area (Å²) in [6, 6.07) is 96.8. The Morgan fingerprint density at radius 3 is 0.790 bits per heavy atom. The van der Waals surface area contributed by atoms with Gasteiger partial charge in [-0.25, -0.2) is 4.79 Å². The van der Waals surface area contributed by atoms with Crippen molar-refractivity contribution in [1.82, 2.24) is 0 Å². The van der Waals surface area contributed by atoms with E-state index in [4.69, 9.17) is 71.1 Å². The summed E-state index contributed by atoms with van der Waals surface area (Å²) < 4.78 is 107. The van der Waals surface area contributed by atoms with E-state index in [0.717, 1.165) is 50.1 Å². The largest absolute Gasteiger partial charge is 0.450 e. The van der Waals surface area contributed by atoms with Gasteiger partial charge in [-0.1, -0.05) is 291 Å². The standard InChI is InChI=1S/C88H90O17/c89-85(72-49-29-10-30-50-72)103-83-80(98-58-70-45-25-8-26-46-70)77(95-55-67-39-19-5-20-40-67)74(61-92-52-64-33-13-2-14-34-64)101-87(83)105-84-81(99-59-71-47-27-9-28-48-71)78(96-56-68-41-21-6-22-42-68)75(62-93-53-65-35-15-3-16-36-65)102-88(84)104-82-79(97-57-69-43-23-7-24-44-69)76(94-54-66-37-17-4-18-38-66)73(100-86(82)90)60-91-51-63-31-11-1-12-32-63/h1-50,73-84,86-88,90H,51-62H2. The smallest absolute Gasteiger partial charge is 0.338 e. The van der Waals surface area contributed by atoms with E-state index >= 15 is 4.79 Å². The molecular formula is C88H90O17. The third kappa shape index (κ3) is 21.6. The number of hydrogen-bond donors (Lipinski definition) is 1. The highest BCUT2D eigenvalue weighted by atomic mass is 16.8. The molecule has 0 spiro atoms. The number of esters is 1. The van der Waals surface area contributed by atoms with E-state index in [1.54, 1.807) is 24.3 Å². The van der Waals surface area contributed by atoms with Crippen LogP contribution in [0.1, 0.15) is 60.4 Å². The molecule has 17 heteroatoms. The Labute approximate surface area is 614 Å². The average Bonchev–Trinajstić information content (AvgIpc) is 0.762. The minimum atomic E-state index is -1.73. The molecular weight excluding hydrogens is 1330 g/mol. The zero-order valence-corrected chi connectivity index (χ0v) is 58.5. The Morgan fingerprint density at radius 2 is 0.486 bits per heavy atom. The van der Waals surface area contributed by atoms with E-state index < -0.39 is 98.1 Å². The third-order valence-electron chi connectivity index (χ3n) is 18.5. The number of ether oxygens (including phenoxy) is 15. The molecule has 3 aliphatic rings. The molecule has 3 heterocycles. The van der Waals surface area contributed by atoms with Gasteiger partial charge in [0.25, 0.3) is 0 Å². The van der Waals surface area contributed by atoms with E-state index in [9.17, 15) is 5.11 Å². The second kappa shape index (κ2) is 39.4. The maximum absolute atomic E-state index is 15.2. The molecule has 0 radical (unpaired) electrons. The number of benzene rings is 10. The summed E-state index contributed by atoms with van der Waals surface area (Å²) in [6.07, 6.45) is -18.5. The van der Waals surface area contributed by atoms with Gasteiger partial charge >= 0.3 is 5.97 Å². The lowest BCUT2D eigenvalue weighted by Gasteiger charge is -2.51. The average molecular weight is 1420 g/mol. The van der Waals surface area contributed by atoms with Crippen LogP contribution in [-0.2, 0) is 131 Å². The van der Waals surface area contributed by atoms with Crippen molar-refractivity contribution >= 4 is 5.97 Å². The number of hydrogen-bond acceptors (Lipinski definition) is 17. The van der Waals surface area contributed by atoms with Gasteiger partial charge in [-0.05, 0) is 62.2 Å². The van der Waals surface area contributed by atoms with Crippen molar-refractivity contribution in [2.45, 2.75) is 152 Å². The minimum Gasteiger partial charge on any atom is -0.450 e. The SMILES string of the molecule is O=C(OC1C(OC2C(OC3C(O)OC(COCc4ccccc4)C(OCc4ccccc4)C3OCc3ccccc3)OC(COCc3ccccc3)C(OCc3ccccc3)C2OCc2ccccc2)OC(COCc2ccccc2)C(OCc2ccccc2)C1OCc1ccccc1)c1ccccc1. The van der Waals surface area contributed by atoms with Gasteiger partial charge in [0.05, 0.1) is 84.8 Å². The highest BCUT2D eigenvalue weighted by Crippen LogP contribution is 2.40. The maximum atomic E-state index is 15.2. The molecule has 10 aromatic carbocycles. The fourth-order valence-corrected chi connectivity index (χ4v) is 13.1. The summed E-state index contributed by atoms with van der Waals surface area (Å²) in [7, 11) is 0. The lowest BCUT2D eigenvalue weighted by atomic mass is 9.95. The fourth-order valence-electron chi connectivity index (χ4n) is 13.1. The topological polar surface area (TPSA) is 176 Å². The Hall–Kier alpha value is -8.93. The predicted octanol–water partition coefficient (Wildman–Crippen LogP) is 14.3. The molecule has 3 aliphatic heterocycles. The van der Waals surface area contributed by atoms with Crippen LogP contribution in [0, 0.1) is 0 Å². The molecule has 15 atom stereocenters. The molecule has 13 rings (SSSR count). The third-order valence-corrected chi connectivity index (χ3v) is 18.5. The van der Waals surface area contributed by atoms with Crippen LogP contribution in [0.25, 0.3) is 0 Å². The molecule has 10 aromatic rings. The highest BCUT2D eigenvalue weighted by molar-refractivity contribution is 5.89. The molecule has 0 aliphatic carbocycles. The number of aliphatic hydroxyl groups excluding tert-OH is 1. The second-order valence-corrected chi connectivity index (χ2v) is 26.2. The first-order valence-corrected chi connectivity index (χ1v) is 35.9. The summed E-state index contributed by atoms with van der Waals surface area (Å²) in [4.78, 5) is 15.2. The van der Waals surface area contributed by atoms with Crippen molar-refractivity contribution in [3.05, 3.63) is 359 Å². The second-order valence-electron chi connectivity index (χ2n) is 26.2. The zero-order valence-electron chi connectivity index (χ0n) is 58.5. The molecule has 0 bridgehead atoms. The van der Waals surface area contributed by atoms with Crippen LogP contribution in [0.5, 0.6) is 0 Å². The first-order valence-electron chi connectivity index (χ1n) is 35.9. The Morgan fingerprint density at radius 1 is 0.257 bits per heavy atom. The molecule has 544 valence electrons. The molecule has 15 unspecified atom stereocenters. The lowest BCUT2D eigenvalue weighted by Crippen LogP contribution is -2.68. The van der Waals surface area contributed by atoms with E-state index in [1.807, 2.05) is 279 Å².